The molecule has 1 fully saturated rings. The quantitative estimate of drug-likeness (QED) is 0.224. The van der Waals surface area contributed by atoms with Gasteiger partial charge in [-0.15, -0.1) is 33.3 Å². The number of aromatic nitrogens is 3. The molecule has 0 saturated carbocycles. The largest absolute Gasteiger partial charge is 1.00 e. The van der Waals surface area contributed by atoms with Crippen LogP contribution in [-0.2, 0) is 20.8 Å². The minimum Gasteiger partial charge on any atom is -0.543 e. The van der Waals surface area contributed by atoms with E-state index in [9.17, 15) is 19.5 Å². The number of thiazole rings is 1. The van der Waals surface area contributed by atoms with Crippen LogP contribution in [0.4, 0.5) is 5.13 Å². The van der Waals surface area contributed by atoms with Gasteiger partial charge < -0.3 is 21.0 Å². The summed E-state index contributed by atoms with van der Waals surface area (Å²) in [6.45, 7) is 0. The van der Waals surface area contributed by atoms with E-state index in [4.69, 9.17) is 5.73 Å². The first-order valence-corrected chi connectivity index (χ1v) is 12.0. The molecule has 15 heteroatoms. The summed E-state index contributed by atoms with van der Waals surface area (Å²) in [7, 11) is 0. The first-order valence-electron chi connectivity index (χ1n) is 8.20. The van der Waals surface area contributed by atoms with Crippen LogP contribution in [0, 0.1) is 0 Å². The molecular formula is C15H13N6NaO4S4. The van der Waals surface area contributed by atoms with Crippen molar-refractivity contribution in [1.82, 2.24) is 25.4 Å². The molecule has 3 N–H and O–H groups in total. The van der Waals surface area contributed by atoms with Crippen LogP contribution >= 0.6 is 46.2 Å². The van der Waals surface area contributed by atoms with Crippen molar-refractivity contribution in [2.45, 2.75) is 22.2 Å². The average molecular weight is 493 g/mol. The summed E-state index contributed by atoms with van der Waals surface area (Å²) in [5, 5.41) is 23.6. The summed E-state index contributed by atoms with van der Waals surface area (Å²) in [6.07, 6.45) is 0.00177. The monoisotopic (exact) mass is 492 g/mol. The van der Waals surface area contributed by atoms with Gasteiger partial charge in [-0.05, 0) is 5.57 Å². The first-order chi connectivity index (χ1) is 13.9. The third-order valence-electron chi connectivity index (χ3n) is 4.18. The van der Waals surface area contributed by atoms with Crippen LogP contribution in [0.25, 0.3) is 0 Å². The molecule has 4 heterocycles. The Morgan fingerprint density at radius 2 is 2.20 bits per heavy atom. The summed E-state index contributed by atoms with van der Waals surface area (Å²) >= 11 is 5.35. The number of carbonyl (C=O) groups is 3. The smallest absolute Gasteiger partial charge is 0.543 e. The minimum absolute atomic E-state index is 0. The fourth-order valence-electron chi connectivity index (χ4n) is 2.95. The number of fused-ring (bicyclic) bond motifs is 1. The van der Waals surface area contributed by atoms with Crippen LogP contribution in [-0.4, -0.2) is 60.8 Å². The average Bonchev–Trinajstić information content (AvgIpc) is 3.35. The number of thioether (sulfide) groups is 2. The van der Waals surface area contributed by atoms with E-state index in [0.29, 0.717) is 32.2 Å². The maximum Gasteiger partial charge on any atom is 1.00 e. The molecule has 2 atom stereocenters. The van der Waals surface area contributed by atoms with Crippen molar-refractivity contribution in [3.8, 4) is 0 Å². The predicted octanol–water partition coefficient (Wildman–Crippen LogP) is -3.68. The van der Waals surface area contributed by atoms with Crippen molar-refractivity contribution in [2.24, 2.45) is 0 Å². The van der Waals surface area contributed by atoms with Crippen LogP contribution in [0.3, 0.4) is 0 Å². The maximum atomic E-state index is 12.6. The standard InChI is InChI=1S/C15H14N6O4S4.Na/c16-14-18-7(4-27-14)1-8(22)19-9-11(23)21-10(13(24)25)6(2-26-12(9)21)3-28-15-20-17-5-29-15;/h4-5,9,12H,1-3H2,(H2,16,18)(H,19,22)(H,24,25);/q;+1/p-1/t9?,12-;/m0./s1. The van der Waals surface area contributed by atoms with Crippen molar-refractivity contribution in [1.29, 1.82) is 0 Å². The van der Waals surface area contributed by atoms with E-state index in [0.717, 1.165) is 0 Å². The topological polar surface area (TPSA) is 154 Å². The first kappa shape index (κ1) is 23.5. The third-order valence-corrected chi connectivity index (χ3v) is 8.19. The van der Waals surface area contributed by atoms with Crippen LogP contribution in [0.15, 0.2) is 26.5 Å². The SMILES string of the molecule is Nc1nc(CC(=O)NC2C(=O)N3C(C(=O)[O-])=C(CSc4nncs4)CS[C@@H]23)cs1.[Na+]. The number of nitrogens with one attached hydrogen (secondary N) is 1. The van der Waals surface area contributed by atoms with Crippen molar-refractivity contribution < 1.29 is 49.0 Å². The number of rotatable bonds is 7. The molecule has 2 aromatic rings. The Kier molecular flexibility index (Phi) is 7.81. The summed E-state index contributed by atoms with van der Waals surface area (Å²) in [5.74, 6) is -1.46. The van der Waals surface area contributed by atoms with Gasteiger partial charge in [0, 0.05) is 16.9 Å². The van der Waals surface area contributed by atoms with Gasteiger partial charge in [0.2, 0.25) is 5.91 Å². The summed E-state index contributed by atoms with van der Waals surface area (Å²) in [5.41, 5.74) is 8.14. The zero-order chi connectivity index (χ0) is 20.5. The Balaban J connectivity index is 0.00000256. The molecule has 0 spiro atoms. The van der Waals surface area contributed by atoms with E-state index >= 15 is 0 Å². The number of carboxylic acid groups (broad SMARTS) is 1. The van der Waals surface area contributed by atoms with Gasteiger partial charge in [-0.2, -0.15) is 0 Å². The van der Waals surface area contributed by atoms with Gasteiger partial charge in [0.05, 0.1) is 23.8 Å². The number of β-lactam (4-membered cyclic amide) rings is 1. The summed E-state index contributed by atoms with van der Waals surface area (Å²) < 4.78 is 0.713. The number of anilines is 1. The molecule has 10 nitrogen and oxygen atoms in total. The molecule has 0 aromatic carbocycles. The summed E-state index contributed by atoms with van der Waals surface area (Å²) in [4.78, 5) is 41.8. The Bertz CT molecular complexity index is 997. The zero-order valence-corrected chi connectivity index (χ0v) is 20.8. The van der Waals surface area contributed by atoms with Crippen LogP contribution in [0.2, 0.25) is 0 Å². The van der Waals surface area contributed by atoms with Crippen LogP contribution in [0.1, 0.15) is 5.69 Å². The second kappa shape index (κ2) is 9.97. The predicted molar refractivity (Wildman–Crippen MR) is 108 cm³/mol. The van der Waals surface area contributed by atoms with Gasteiger partial charge in [0.25, 0.3) is 5.91 Å². The van der Waals surface area contributed by atoms with Crippen molar-refractivity contribution in [2.75, 3.05) is 17.2 Å². The number of aliphatic carboxylic acids is 1. The van der Waals surface area contributed by atoms with E-state index in [1.54, 1.807) is 10.9 Å². The molecule has 30 heavy (non-hydrogen) atoms. The number of carboxylic acids is 1. The maximum absolute atomic E-state index is 12.6. The Morgan fingerprint density at radius 3 is 2.83 bits per heavy atom. The van der Waals surface area contributed by atoms with Crippen LogP contribution in [0.5, 0.6) is 0 Å². The molecule has 4 rings (SSSR count). The van der Waals surface area contributed by atoms with E-state index in [1.807, 2.05) is 0 Å². The Labute approximate surface area is 209 Å². The second-order valence-corrected chi connectivity index (χ2v) is 10.1. The molecule has 2 aliphatic rings. The number of nitrogens with zero attached hydrogens (tertiary/aromatic N) is 4. The second-order valence-electron chi connectivity index (χ2n) is 6.04. The third kappa shape index (κ3) is 4.84. The normalized spacial score (nSPS) is 20.3. The van der Waals surface area contributed by atoms with Gasteiger partial charge in [-0.3, -0.25) is 14.5 Å². The van der Waals surface area contributed by atoms with Gasteiger partial charge in [-0.25, -0.2) is 4.98 Å². The summed E-state index contributed by atoms with van der Waals surface area (Å²) in [6, 6.07) is -0.782. The molecule has 0 radical (unpaired) electrons. The fraction of sp³-hybridized carbons (Fsp3) is 0.333. The molecule has 2 aliphatic heterocycles. The number of amides is 2. The van der Waals surface area contributed by atoms with E-state index in [2.05, 4.69) is 20.5 Å². The van der Waals surface area contributed by atoms with Crippen LogP contribution < -0.4 is 45.7 Å². The van der Waals surface area contributed by atoms with E-state index in [-0.39, 0.29) is 47.6 Å². The van der Waals surface area contributed by atoms with Crippen molar-refractivity contribution >= 4 is 69.1 Å². The molecule has 2 aromatic heterocycles. The molecule has 1 unspecified atom stereocenters. The van der Waals surface area contributed by atoms with Crippen molar-refractivity contribution in [3.63, 3.8) is 0 Å². The van der Waals surface area contributed by atoms with Gasteiger partial charge in [0.15, 0.2) is 9.47 Å². The molecule has 1 saturated heterocycles. The molecule has 152 valence electrons. The Morgan fingerprint density at radius 1 is 1.40 bits per heavy atom. The number of nitrogen functional groups attached to an aromatic ring is 1. The number of carbonyl (C=O) groups excluding carboxylic acids is 3. The van der Waals surface area contributed by atoms with Crippen molar-refractivity contribution in [3.05, 3.63) is 27.9 Å². The van der Waals surface area contributed by atoms with Gasteiger partial charge in [0.1, 0.15) is 16.9 Å². The fourth-order valence-corrected chi connectivity index (χ4v) is 6.49. The van der Waals surface area contributed by atoms with E-state index < -0.39 is 23.3 Å². The number of hydrogen-bond acceptors (Lipinski definition) is 12. The zero-order valence-electron chi connectivity index (χ0n) is 15.6. The Hall–Kier alpha value is -1.16. The number of nitrogens with two attached hydrogens (primary N) is 1. The minimum atomic E-state index is -1.40. The molecule has 0 bridgehead atoms. The molecular weight excluding hydrogens is 479 g/mol. The molecule has 2 amide bonds. The number of hydrogen-bond donors (Lipinski definition) is 2. The van der Waals surface area contributed by atoms with E-state index in [1.165, 1.54) is 51.1 Å². The van der Waals surface area contributed by atoms with Gasteiger partial charge >= 0.3 is 29.6 Å². The molecule has 0 aliphatic carbocycles. The van der Waals surface area contributed by atoms with Gasteiger partial charge in [-0.1, -0.05) is 23.1 Å².